The maximum Gasteiger partial charge on any atom is 0.276 e. The Balaban J connectivity index is 1.78. The highest BCUT2D eigenvalue weighted by Crippen LogP contribution is 2.23. The molecule has 2 heterocycles. The van der Waals surface area contributed by atoms with Crippen molar-refractivity contribution in [1.82, 2.24) is 9.97 Å². The van der Waals surface area contributed by atoms with Crippen molar-refractivity contribution in [2.24, 2.45) is 0 Å². The number of rotatable bonds is 3. The minimum absolute atomic E-state index is 0.244. The molecular formula is C16H13N3OS. The number of benzene rings is 1. The molecule has 21 heavy (non-hydrogen) atoms. The van der Waals surface area contributed by atoms with Crippen LogP contribution < -0.4 is 5.32 Å². The number of thiazole rings is 1. The number of nitrogens with zero attached hydrogens (tertiary/aromatic N) is 2. The summed E-state index contributed by atoms with van der Waals surface area (Å²) in [5, 5.41) is 5.35. The van der Waals surface area contributed by atoms with Crippen molar-refractivity contribution in [3.05, 3.63) is 65.3 Å². The number of hydrogen-bond acceptors (Lipinski definition) is 4. The fraction of sp³-hybridized carbons (Fsp3) is 0.0625. The molecule has 1 amide bonds. The molecule has 0 radical (unpaired) electrons. The van der Waals surface area contributed by atoms with Crippen LogP contribution in [0.15, 0.2) is 54.0 Å². The molecule has 0 saturated heterocycles. The third-order valence-electron chi connectivity index (χ3n) is 2.91. The molecular weight excluding hydrogens is 282 g/mol. The Morgan fingerprint density at radius 3 is 2.76 bits per heavy atom. The van der Waals surface area contributed by atoms with Crippen molar-refractivity contribution < 1.29 is 4.79 Å². The normalized spacial score (nSPS) is 10.3. The molecule has 3 aromatic rings. The van der Waals surface area contributed by atoms with Crippen LogP contribution in [-0.4, -0.2) is 15.9 Å². The van der Waals surface area contributed by atoms with Gasteiger partial charge < -0.3 is 5.32 Å². The van der Waals surface area contributed by atoms with Gasteiger partial charge in [-0.1, -0.05) is 30.3 Å². The number of nitrogens with one attached hydrogen (secondary N) is 1. The molecule has 1 aromatic carbocycles. The number of hydrogen-bond donors (Lipinski definition) is 1. The van der Waals surface area contributed by atoms with Crippen molar-refractivity contribution >= 4 is 23.1 Å². The van der Waals surface area contributed by atoms with Gasteiger partial charge >= 0.3 is 0 Å². The number of amides is 1. The molecule has 0 fully saturated rings. The van der Waals surface area contributed by atoms with Gasteiger partial charge in [0.05, 0.1) is 0 Å². The maximum atomic E-state index is 12.2. The van der Waals surface area contributed by atoms with Crippen LogP contribution in [0.25, 0.3) is 10.6 Å². The molecule has 1 N–H and O–H groups in total. The van der Waals surface area contributed by atoms with Crippen LogP contribution in [0.5, 0.6) is 0 Å². The van der Waals surface area contributed by atoms with Gasteiger partial charge in [0.2, 0.25) is 0 Å². The summed E-state index contributed by atoms with van der Waals surface area (Å²) in [6.45, 7) is 1.95. The van der Waals surface area contributed by atoms with Crippen LogP contribution in [0, 0.1) is 6.92 Å². The fourth-order valence-electron chi connectivity index (χ4n) is 1.88. The molecule has 2 aromatic heterocycles. The molecule has 3 rings (SSSR count). The highest BCUT2D eigenvalue weighted by atomic mass is 32.1. The first kappa shape index (κ1) is 13.5. The molecule has 0 aliphatic rings. The predicted octanol–water partition coefficient (Wildman–Crippen LogP) is 3.77. The molecule has 0 spiro atoms. The van der Waals surface area contributed by atoms with Gasteiger partial charge in [-0.05, 0) is 24.6 Å². The summed E-state index contributed by atoms with van der Waals surface area (Å²) in [5.41, 5.74) is 2.46. The summed E-state index contributed by atoms with van der Waals surface area (Å²) >= 11 is 1.45. The number of aromatic nitrogens is 2. The monoisotopic (exact) mass is 295 g/mol. The van der Waals surface area contributed by atoms with E-state index in [1.165, 1.54) is 11.3 Å². The lowest BCUT2D eigenvalue weighted by molar-refractivity contribution is 0.102. The van der Waals surface area contributed by atoms with E-state index in [2.05, 4.69) is 15.3 Å². The highest BCUT2D eigenvalue weighted by molar-refractivity contribution is 7.13. The molecule has 4 nitrogen and oxygen atoms in total. The first-order valence-electron chi connectivity index (χ1n) is 6.47. The standard InChI is InChI=1S/C16H13N3OS/c1-11-7-8-17-14(9-11)19-15(20)13-10-21-16(18-13)12-5-3-2-4-6-12/h2-10H,1H3,(H,17,19,20). The van der Waals surface area contributed by atoms with Crippen LogP contribution in [0.1, 0.15) is 16.1 Å². The van der Waals surface area contributed by atoms with E-state index in [0.717, 1.165) is 16.1 Å². The lowest BCUT2D eigenvalue weighted by Gasteiger charge is -2.02. The van der Waals surface area contributed by atoms with Crippen molar-refractivity contribution in [1.29, 1.82) is 0 Å². The number of pyridine rings is 1. The SMILES string of the molecule is Cc1ccnc(NC(=O)c2csc(-c3ccccc3)n2)c1. The van der Waals surface area contributed by atoms with Gasteiger partial charge in [0.15, 0.2) is 0 Å². The van der Waals surface area contributed by atoms with E-state index in [-0.39, 0.29) is 5.91 Å². The minimum Gasteiger partial charge on any atom is -0.305 e. The van der Waals surface area contributed by atoms with Gasteiger partial charge in [-0.25, -0.2) is 9.97 Å². The van der Waals surface area contributed by atoms with E-state index in [4.69, 9.17) is 0 Å². The summed E-state index contributed by atoms with van der Waals surface area (Å²) < 4.78 is 0. The number of aryl methyl sites for hydroxylation is 1. The Kier molecular flexibility index (Phi) is 3.75. The average Bonchev–Trinajstić information content (AvgIpc) is 2.98. The average molecular weight is 295 g/mol. The summed E-state index contributed by atoms with van der Waals surface area (Å²) in [5.74, 6) is 0.292. The third-order valence-corrected chi connectivity index (χ3v) is 3.81. The minimum atomic E-state index is -0.244. The zero-order chi connectivity index (χ0) is 14.7. The van der Waals surface area contributed by atoms with Crippen molar-refractivity contribution in [2.45, 2.75) is 6.92 Å². The quantitative estimate of drug-likeness (QED) is 0.800. The summed E-state index contributed by atoms with van der Waals surface area (Å²) in [4.78, 5) is 20.7. The largest absolute Gasteiger partial charge is 0.305 e. The van der Waals surface area contributed by atoms with Gasteiger partial charge in [0.25, 0.3) is 5.91 Å². The zero-order valence-electron chi connectivity index (χ0n) is 11.4. The van der Waals surface area contributed by atoms with Crippen molar-refractivity contribution in [3.63, 3.8) is 0 Å². The smallest absolute Gasteiger partial charge is 0.276 e. The molecule has 104 valence electrons. The second kappa shape index (κ2) is 5.85. The molecule has 0 unspecified atom stereocenters. The first-order chi connectivity index (χ1) is 10.2. The zero-order valence-corrected chi connectivity index (χ0v) is 12.2. The predicted molar refractivity (Wildman–Crippen MR) is 84.5 cm³/mol. The van der Waals surface area contributed by atoms with E-state index in [9.17, 15) is 4.79 Å². The summed E-state index contributed by atoms with van der Waals surface area (Å²) in [6, 6.07) is 13.5. The van der Waals surface area contributed by atoms with Gasteiger partial charge in [0.1, 0.15) is 16.5 Å². The fourth-order valence-corrected chi connectivity index (χ4v) is 2.68. The topological polar surface area (TPSA) is 54.9 Å². The van der Waals surface area contributed by atoms with E-state index in [1.807, 2.05) is 49.4 Å². The third kappa shape index (κ3) is 3.14. The van der Waals surface area contributed by atoms with Gasteiger partial charge in [-0.2, -0.15) is 0 Å². The van der Waals surface area contributed by atoms with E-state index in [1.54, 1.807) is 11.6 Å². The van der Waals surface area contributed by atoms with Crippen LogP contribution in [0.2, 0.25) is 0 Å². The first-order valence-corrected chi connectivity index (χ1v) is 7.35. The molecule has 0 saturated carbocycles. The van der Waals surface area contributed by atoms with Crippen LogP contribution >= 0.6 is 11.3 Å². The Morgan fingerprint density at radius 1 is 1.19 bits per heavy atom. The molecule has 0 bridgehead atoms. The Morgan fingerprint density at radius 2 is 2.00 bits per heavy atom. The van der Waals surface area contributed by atoms with Gasteiger partial charge in [-0.15, -0.1) is 11.3 Å². The Bertz CT molecular complexity index is 768. The van der Waals surface area contributed by atoms with Crippen molar-refractivity contribution in [3.8, 4) is 10.6 Å². The summed E-state index contributed by atoms with van der Waals surface area (Å²) in [6.07, 6.45) is 1.67. The van der Waals surface area contributed by atoms with E-state index in [0.29, 0.717) is 11.5 Å². The Labute approximate surface area is 126 Å². The summed E-state index contributed by atoms with van der Waals surface area (Å²) in [7, 11) is 0. The second-order valence-electron chi connectivity index (χ2n) is 4.58. The number of carbonyl (C=O) groups excluding carboxylic acids is 1. The van der Waals surface area contributed by atoms with Gasteiger partial charge in [0, 0.05) is 17.1 Å². The van der Waals surface area contributed by atoms with Gasteiger partial charge in [-0.3, -0.25) is 4.79 Å². The number of carbonyl (C=O) groups is 1. The molecule has 5 heteroatoms. The van der Waals surface area contributed by atoms with E-state index >= 15 is 0 Å². The number of anilines is 1. The second-order valence-corrected chi connectivity index (χ2v) is 5.43. The molecule has 0 aliphatic carbocycles. The highest BCUT2D eigenvalue weighted by Gasteiger charge is 2.12. The van der Waals surface area contributed by atoms with E-state index < -0.39 is 0 Å². The maximum absolute atomic E-state index is 12.2. The van der Waals surface area contributed by atoms with Crippen LogP contribution in [-0.2, 0) is 0 Å². The lowest BCUT2D eigenvalue weighted by atomic mass is 10.2. The molecule has 0 atom stereocenters. The van der Waals surface area contributed by atoms with Crippen molar-refractivity contribution in [2.75, 3.05) is 5.32 Å². The molecule has 0 aliphatic heterocycles. The lowest BCUT2D eigenvalue weighted by Crippen LogP contribution is -2.13. The Hall–Kier alpha value is -2.53. The van der Waals surface area contributed by atoms with Crippen LogP contribution in [0.3, 0.4) is 0 Å². The van der Waals surface area contributed by atoms with Crippen LogP contribution in [0.4, 0.5) is 5.82 Å².